The number of carbonyl (C=O) groups excluding carboxylic acids is 2. The number of aromatic nitrogens is 3. The molecule has 4 heterocycles. The topological polar surface area (TPSA) is 126 Å². The van der Waals surface area contributed by atoms with Crippen LogP contribution in [0.3, 0.4) is 0 Å². The molecule has 10 nitrogen and oxygen atoms in total. The van der Waals surface area contributed by atoms with Crippen LogP contribution in [0.2, 0.25) is 10.0 Å². The first-order valence-corrected chi connectivity index (χ1v) is 13.8. The summed E-state index contributed by atoms with van der Waals surface area (Å²) in [5.41, 5.74) is 1.52. The van der Waals surface area contributed by atoms with E-state index in [-0.39, 0.29) is 35.1 Å². The molecule has 0 spiro atoms. The molecule has 2 fully saturated rings. The standard InChI is InChI=1S/C28H27Cl2N7O3/c29-19-3-7-22(8-4-19)37(28(39)40)13-2-1-11-35(12-14-37)27(38)24-18-36(26-10-6-21(15-31)33-34-26)17-23(24)25-9-5-20(30)16-32-25/h3-10,16,23-24H,1-2,11-14,17-18H2/t23-,24-,37?/m1/s1. The van der Waals surface area contributed by atoms with Gasteiger partial charge in [0.05, 0.1) is 24.0 Å². The molecule has 1 aromatic carbocycles. The summed E-state index contributed by atoms with van der Waals surface area (Å²) in [7, 11) is 0. The predicted molar refractivity (Wildman–Crippen MR) is 149 cm³/mol. The second-order valence-corrected chi connectivity index (χ2v) is 11.0. The number of hydrogen-bond donors (Lipinski definition) is 0. The van der Waals surface area contributed by atoms with Crippen LogP contribution in [0.25, 0.3) is 0 Å². The Balaban J connectivity index is 1.42. The lowest BCUT2D eigenvalue weighted by Crippen LogP contribution is -2.64. The Kier molecular flexibility index (Phi) is 8.17. The zero-order chi connectivity index (χ0) is 28.3. The van der Waals surface area contributed by atoms with Crippen molar-refractivity contribution in [3.8, 4) is 6.07 Å². The van der Waals surface area contributed by atoms with Gasteiger partial charge in [0.15, 0.2) is 11.5 Å². The van der Waals surface area contributed by atoms with Crippen molar-refractivity contribution in [2.45, 2.75) is 18.8 Å². The molecule has 2 aliphatic heterocycles. The quantitative estimate of drug-likeness (QED) is 0.431. The Morgan fingerprint density at radius 1 is 0.950 bits per heavy atom. The molecule has 2 amide bonds. The molecule has 1 unspecified atom stereocenters. The molecule has 40 heavy (non-hydrogen) atoms. The number of nitrogens with zero attached hydrogens (tertiary/aromatic N) is 7. The number of anilines is 1. The van der Waals surface area contributed by atoms with Gasteiger partial charge in [0, 0.05) is 54.6 Å². The maximum absolute atomic E-state index is 14.1. The van der Waals surface area contributed by atoms with Gasteiger partial charge in [-0.25, -0.2) is 4.48 Å². The minimum absolute atomic E-state index is 0.0692. The molecule has 12 heteroatoms. The third kappa shape index (κ3) is 5.59. The number of quaternary nitrogens is 1. The van der Waals surface area contributed by atoms with Crippen LogP contribution in [0.15, 0.2) is 54.7 Å². The van der Waals surface area contributed by atoms with E-state index in [9.17, 15) is 14.7 Å². The molecule has 5 rings (SSSR count). The van der Waals surface area contributed by atoms with E-state index in [1.807, 2.05) is 17.0 Å². The number of pyridine rings is 1. The maximum Gasteiger partial charge on any atom is 0.262 e. The fraction of sp³-hybridized carbons (Fsp3) is 0.357. The summed E-state index contributed by atoms with van der Waals surface area (Å²) in [6.07, 6.45) is 1.64. The smallest absolute Gasteiger partial charge is 0.262 e. The average molecular weight is 580 g/mol. The van der Waals surface area contributed by atoms with Gasteiger partial charge in [0.2, 0.25) is 5.91 Å². The molecule has 0 N–H and O–H groups in total. The Labute approximate surface area is 242 Å². The van der Waals surface area contributed by atoms with Gasteiger partial charge in [-0.2, -0.15) is 5.26 Å². The van der Waals surface area contributed by atoms with Crippen molar-refractivity contribution in [1.82, 2.24) is 24.6 Å². The highest BCUT2D eigenvalue weighted by Gasteiger charge is 2.43. The summed E-state index contributed by atoms with van der Waals surface area (Å²) in [4.78, 5) is 34.9. The van der Waals surface area contributed by atoms with Gasteiger partial charge >= 0.3 is 0 Å². The third-order valence-electron chi connectivity index (χ3n) is 7.81. The summed E-state index contributed by atoms with van der Waals surface area (Å²) in [6.45, 7) is 2.19. The largest absolute Gasteiger partial charge is 0.498 e. The van der Waals surface area contributed by atoms with Gasteiger partial charge in [0.25, 0.3) is 6.09 Å². The van der Waals surface area contributed by atoms with E-state index in [1.54, 1.807) is 53.6 Å². The molecule has 0 aliphatic carbocycles. The van der Waals surface area contributed by atoms with Crippen molar-refractivity contribution in [1.29, 1.82) is 5.26 Å². The first-order valence-electron chi connectivity index (χ1n) is 13.0. The van der Waals surface area contributed by atoms with Crippen LogP contribution in [-0.2, 0) is 4.79 Å². The van der Waals surface area contributed by atoms with Gasteiger partial charge in [0.1, 0.15) is 18.3 Å². The van der Waals surface area contributed by atoms with Crippen LogP contribution in [0.4, 0.5) is 16.3 Å². The van der Waals surface area contributed by atoms with E-state index < -0.39 is 12.0 Å². The second-order valence-electron chi connectivity index (χ2n) is 10.1. The minimum atomic E-state index is -1.20. The van der Waals surface area contributed by atoms with Crippen molar-refractivity contribution < 1.29 is 14.7 Å². The fourth-order valence-corrected chi connectivity index (χ4v) is 5.87. The van der Waals surface area contributed by atoms with Crippen molar-refractivity contribution in [2.24, 2.45) is 5.92 Å². The van der Waals surface area contributed by atoms with Crippen LogP contribution >= 0.6 is 23.2 Å². The Bertz CT molecular complexity index is 1410. The van der Waals surface area contributed by atoms with E-state index in [2.05, 4.69) is 15.2 Å². The molecule has 0 bridgehead atoms. The fourth-order valence-electron chi connectivity index (χ4n) is 5.63. The highest BCUT2D eigenvalue weighted by molar-refractivity contribution is 6.30. The van der Waals surface area contributed by atoms with Gasteiger partial charge in [-0.05, 0) is 49.2 Å². The number of benzene rings is 1. The summed E-state index contributed by atoms with van der Waals surface area (Å²) >= 11 is 12.1. The number of rotatable bonds is 4. The lowest BCUT2D eigenvalue weighted by molar-refractivity contribution is -0.264. The van der Waals surface area contributed by atoms with Crippen LogP contribution < -0.4 is 14.5 Å². The summed E-state index contributed by atoms with van der Waals surface area (Å²) in [5, 5.41) is 30.8. The van der Waals surface area contributed by atoms with Crippen LogP contribution in [0.1, 0.15) is 30.1 Å². The van der Waals surface area contributed by atoms with Crippen molar-refractivity contribution >= 4 is 46.7 Å². The Morgan fingerprint density at radius 2 is 1.73 bits per heavy atom. The van der Waals surface area contributed by atoms with Crippen LogP contribution in [-0.4, -0.2) is 71.4 Å². The zero-order valence-corrected chi connectivity index (χ0v) is 23.1. The number of amides is 2. The Hall–Kier alpha value is -3.78. The lowest BCUT2D eigenvalue weighted by Gasteiger charge is -2.41. The highest BCUT2D eigenvalue weighted by atomic mass is 35.5. The minimum Gasteiger partial charge on any atom is -0.498 e. The highest BCUT2D eigenvalue weighted by Crippen LogP contribution is 2.36. The van der Waals surface area contributed by atoms with Gasteiger partial charge in [-0.15, -0.1) is 10.2 Å². The Morgan fingerprint density at radius 3 is 2.38 bits per heavy atom. The van der Waals surface area contributed by atoms with Crippen LogP contribution in [0.5, 0.6) is 0 Å². The molecule has 3 aromatic rings. The summed E-state index contributed by atoms with van der Waals surface area (Å²) in [6, 6.07) is 15.6. The van der Waals surface area contributed by atoms with Crippen molar-refractivity contribution in [3.05, 3.63) is 76.2 Å². The molecular formula is C28H27Cl2N7O3. The predicted octanol–water partition coefficient (Wildman–Crippen LogP) is 3.24. The number of carbonyl (C=O) groups is 2. The number of carboxylic acid groups (broad SMARTS) is 1. The summed E-state index contributed by atoms with van der Waals surface area (Å²) in [5.74, 6) is -0.202. The van der Waals surface area contributed by atoms with Crippen LogP contribution in [0, 0.1) is 17.2 Å². The van der Waals surface area contributed by atoms with E-state index in [1.165, 1.54) is 0 Å². The molecule has 2 saturated heterocycles. The van der Waals surface area contributed by atoms with Gasteiger partial charge in [-0.3, -0.25) is 9.78 Å². The SMILES string of the molecule is N#Cc1ccc(N2C[C@@H](C(=O)N3CCCC[N+](C(=O)[O-])(c4ccc(Cl)cc4)CC3)[C@H](c3ccc(Cl)cn3)C2)nn1. The van der Waals surface area contributed by atoms with Crippen molar-refractivity contribution in [2.75, 3.05) is 44.2 Å². The molecule has 0 radical (unpaired) electrons. The summed E-state index contributed by atoms with van der Waals surface area (Å²) < 4.78 is -0.374. The third-order valence-corrected chi connectivity index (χ3v) is 8.28. The van der Waals surface area contributed by atoms with E-state index in [0.717, 1.165) is 5.69 Å². The number of nitriles is 1. The van der Waals surface area contributed by atoms with Gasteiger partial charge < -0.3 is 19.7 Å². The lowest BCUT2D eigenvalue weighted by atomic mass is 9.91. The first-order chi connectivity index (χ1) is 19.3. The number of hydrogen-bond acceptors (Lipinski definition) is 8. The van der Waals surface area contributed by atoms with Crippen molar-refractivity contribution in [3.63, 3.8) is 0 Å². The van der Waals surface area contributed by atoms with E-state index in [0.29, 0.717) is 60.6 Å². The van der Waals surface area contributed by atoms with E-state index >= 15 is 0 Å². The molecule has 206 valence electrons. The average Bonchev–Trinajstić information content (AvgIpc) is 3.39. The maximum atomic E-state index is 14.1. The molecule has 2 aromatic heterocycles. The zero-order valence-electron chi connectivity index (χ0n) is 21.6. The van der Waals surface area contributed by atoms with Gasteiger partial charge in [-0.1, -0.05) is 23.2 Å². The first kappa shape index (κ1) is 27.8. The second kappa shape index (κ2) is 11.8. The normalized spacial score (nSPS) is 23.2. The number of halogens is 2. The molecule has 3 atom stereocenters. The molecule has 0 saturated carbocycles. The molecular weight excluding hydrogens is 553 g/mol. The monoisotopic (exact) mass is 579 g/mol. The van der Waals surface area contributed by atoms with E-state index in [4.69, 9.17) is 28.5 Å². The molecule has 2 aliphatic rings.